The van der Waals surface area contributed by atoms with E-state index in [9.17, 15) is 9.59 Å². The molecule has 7 heteroatoms. The van der Waals surface area contributed by atoms with Gasteiger partial charge in [-0.3, -0.25) is 4.84 Å². The second kappa shape index (κ2) is 8.41. The first-order valence-electron chi connectivity index (χ1n) is 10.7. The van der Waals surface area contributed by atoms with Gasteiger partial charge in [-0.1, -0.05) is 61.5 Å². The van der Waals surface area contributed by atoms with Crippen molar-refractivity contribution in [2.75, 3.05) is 13.7 Å². The van der Waals surface area contributed by atoms with Crippen LogP contribution in [0.15, 0.2) is 60.7 Å². The van der Waals surface area contributed by atoms with Gasteiger partial charge in [0.15, 0.2) is 6.04 Å². The minimum atomic E-state index is -0.753. The van der Waals surface area contributed by atoms with Gasteiger partial charge in [-0.2, -0.15) is 5.06 Å². The number of carbonyl (C=O) groups excluding carboxylic acids is 2. The number of fused-ring (bicyclic) bond motifs is 4. The maximum Gasteiger partial charge on any atom is 0.345 e. The number of thiophene rings is 1. The maximum absolute atomic E-state index is 13.2. The van der Waals surface area contributed by atoms with Gasteiger partial charge in [-0.25, -0.2) is 9.59 Å². The van der Waals surface area contributed by atoms with Gasteiger partial charge < -0.3 is 9.64 Å². The van der Waals surface area contributed by atoms with Crippen LogP contribution in [0.5, 0.6) is 0 Å². The Bertz CT molecular complexity index is 1160. The molecule has 0 spiro atoms. The molecule has 3 heterocycles. The van der Waals surface area contributed by atoms with Crippen molar-refractivity contribution in [3.8, 4) is 10.4 Å². The van der Waals surface area contributed by atoms with Crippen molar-refractivity contribution in [1.82, 2.24) is 9.96 Å². The van der Waals surface area contributed by atoms with Crippen LogP contribution < -0.4 is 0 Å². The maximum atomic E-state index is 13.2. The minimum Gasteiger partial charge on any atom is -0.467 e. The number of rotatable bonds is 6. The normalized spacial score (nSPS) is 19.2. The predicted molar refractivity (Wildman–Crippen MR) is 122 cm³/mol. The molecular formula is C25H24N2O4S. The highest BCUT2D eigenvalue weighted by Gasteiger charge is 2.52. The Morgan fingerprint density at radius 2 is 1.88 bits per heavy atom. The monoisotopic (exact) mass is 448 g/mol. The fourth-order valence-corrected chi connectivity index (χ4v) is 5.86. The van der Waals surface area contributed by atoms with Crippen molar-refractivity contribution in [2.45, 2.75) is 32.0 Å². The number of hydroxylamine groups is 2. The molecule has 1 saturated heterocycles. The van der Waals surface area contributed by atoms with Crippen molar-refractivity contribution in [3.05, 3.63) is 82.2 Å². The lowest BCUT2D eigenvalue weighted by atomic mass is 9.97. The van der Waals surface area contributed by atoms with Crippen molar-refractivity contribution < 1.29 is 19.2 Å². The molecule has 2 unspecified atom stereocenters. The van der Waals surface area contributed by atoms with Crippen LogP contribution in [0.2, 0.25) is 0 Å². The van der Waals surface area contributed by atoms with Gasteiger partial charge in [-0.05, 0) is 34.7 Å². The predicted octanol–water partition coefficient (Wildman–Crippen LogP) is 5.12. The molecule has 1 aromatic heterocycles. The largest absolute Gasteiger partial charge is 0.467 e. The van der Waals surface area contributed by atoms with Crippen LogP contribution in [0.25, 0.3) is 10.4 Å². The van der Waals surface area contributed by atoms with Crippen molar-refractivity contribution in [2.24, 2.45) is 0 Å². The third-order valence-electron chi connectivity index (χ3n) is 6.10. The molecule has 5 rings (SSSR count). The van der Waals surface area contributed by atoms with E-state index in [0.29, 0.717) is 6.54 Å². The molecule has 2 aromatic carbocycles. The summed E-state index contributed by atoms with van der Waals surface area (Å²) in [6, 6.07) is 18.8. The molecule has 0 aliphatic carbocycles. The molecular weight excluding hydrogens is 424 g/mol. The van der Waals surface area contributed by atoms with Gasteiger partial charge in [0.1, 0.15) is 12.6 Å². The number of amides is 2. The van der Waals surface area contributed by atoms with E-state index in [1.54, 1.807) is 16.2 Å². The standard InChI is InChI=1S/C25H24N2O4S/c1-3-17-11-7-8-12-18(17)21-13-19-20-14-26(22(23(19)32-21)24(28)30-2)25(29)27(20)31-15-16-9-5-4-6-10-16/h4-13,20,22H,3,14-15H2,1-2H3. The average molecular weight is 449 g/mol. The number of benzene rings is 2. The zero-order chi connectivity index (χ0) is 22.2. The Balaban J connectivity index is 1.54. The summed E-state index contributed by atoms with van der Waals surface area (Å²) >= 11 is 1.56. The summed E-state index contributed by atoms with van der Waals surface area (Å²) in [6.07, 6.45) is 0.916. The number of carbonyl (C=O) groups is 2. The summed E-state index contributed by atoms with van der Waals surface area (Å²) in [5.74, 6) is -0.430. The fraction of sp³-hybridized carbons (Fsp3) is 0.280. The van der Waals surface area contributed by atoms with Gasteiger partial charge in [0.25, 0.3) is 0 Å². The van der Waals surface area contributed by atoms with Gasteiger partial charge >= 0.3 is 12.0 Å². The molecule has 2 atom stereocenters. The zero-order valence-electron chi connectivity index (χ0n) is 18.0. The molecule has 1 fully saturated rings. The second-order valence-electron chi connectivity index (χ2n) is 7.90. The number of nitrogens with zero attached hydrogens (tertiary/aromatic N) is 2. The van der Waals surface area contributed by atoms with Gasteiger partial charge in [0.05, 0.1) is 13.7 Å². The number of urea groups is 1. The van der Waals surface area contributed by atoms with E-state index in [2.05, 4.69) is 25.1 Å². The van der Waals surface area contributed by atoms with Crippen LogP contribution in [0.3, 0.4) is 0 Å². The first kappa shape index (κ1) is 20.7. The van der Waals surface area contributed by atoms with E-state index in [1.807, 2.05) is 42.5 Å². The lowest BCUT2D eigenvalue weighted by Gasteiger charge is -2.28. The summed E-state index contributed by atoms with van der Waals surface area (Å²) in [5.41, 5.74) is 4.34. The smallest absolute Gasteiger partial charge is 0.345 e. The Morgan fingerprint density at radius 3 is 2.62 bits per heavy atom. The zero-order valence-corrected chi connectivity index (χ0v) is 18.8. The molecule has 3 aromatic rings. The summed E-state index contributed by atoms with van der Waals surface area (Å²) < 4.78 is 5.08. The molecule has 0 N–H and O–H groups in total. The Hall–Kier alpha value is -3.16. The summed E-state index contributed by atoms with van der Waals surface area (Å²) in [4.78, 5) is 35.4. The molecule has 2 aliphatic heterocycles. The number of hydrogen-bond donors (Lipinski definition) is 0. The number of aryl methyl sites for hydroxylation is 1. The van der Waals surface area contributed by atoms with Gasteiger partial charge in [-0.15, -0.1) is 11.3 Å². The Morgan fingerprint density at radius 1 is 1.12 bits per heavy atom. The minimum absolute atomic E-state index is 0.263. The second-order valence-corrected chi connectivity index (χ2v) is 8.99. The van der Waals surface area contributed by atoms with E-state index in [-0.39, 0.29) is 18.7 Å². The Labute approximate surface area is 190 Å². The number of esters is 1. The van der Waals surface area contributed by atoms with Crippen molar-refractivity contribution >= 4 is 23.3 Å². The van der Waals surface area contributed by atoms with Crippen LogP contribution in [-0.2, 0) is 27.4 Å². The van der Waals surface area contributed by atoms with Crippen LogP contribution >= 0.6 is 11.3 Å². The molecule has 2 bridgehead atoms. The van der Waals surface area contributed by atoms with Crippen LogP contribution in [-0.4, -0.2) is 35.6 Å². The first-order chi connectivity index (χ1) is 15.6. The van der Waals surface area contributed by atoms with Gasteiger partial charge in [0.2, 0.25) is 0 Å². The molecule has 6 nitrogen and oxygen atoms in total. The average Bonchev–Trinajstić information content (AvgIpc) is 3.39. The van der Waals surface area contributed by atoms with Crippen LogP contribution in [0.1, 0.15) is 40.6 Å². The van der Waals surface area contributed by atoms with E-state index in [1.165, 1.54) is 17.7 Å². The van der Waals surface area contributed by atoms with Crippen molar-refractivity contribution in [1.29, 1.82) is 0 Å². The highest BCUT2D eigenvalue weighted by Crippen LogP contribution is 2.50. The number of hydrogen-bond acceptors (Lipinski definition) is 5. The van der Waals surface area contributed by atoms with Gasteiger partial charge in [0, 0.05) is 9.75 Å². The van der Waals surface area contributed by atoms with E-state index >= 15 is 0 Å². The molecule has 2 aliphatic rings. The third-order valence-corrected chi connectivity index (χ3v) is 7.33. The molecule has 164 valence electrons. The SMILES string of the molecule is CCc1ccccc1-c1cc2c(s1)C(C(=O)OC)N1CC2N(OCc2ccccc2)C1=O. The number of ether oxygens (including phenoxy) is 1. The van der Waals surface area contributed by atoms with E-state index < -0.39 is 12.0 Å². The highest BCUT2D eigenvalue weighted by atomic mass is 32.1. The highest BCUT2D eigenvalue weighted by molar-refractivity contribution is 7.16. The lowest BCUT2D eigenvalue weighted by Crippen LogP contribution is -2.38. The third kappa shape index (κ3) is 3.38. The van der Waals surface area contributed by atoms with E-state index in [4.69, 9.17) is 9.57 Å². The molecule has 0 saturated carbocycles. The van der Waals surface area contributed by atoms with Crippen molar-refractivity contribution in [3.63, 3.8) is 0 Å². The molecule has 2 amide bonds. The molecule has 32 heavy (non-hydrogen) atoms. The van der Waals surface area contributed by atoms with Crippen LogP contribution in [0, 0.1) is 0 Å². The molecule has 0 radical (unpaired) electrons. The Kier molecular flexibility index (Phi) is 5.45. The summed E-state index contributed by atoms with van der Waals surface area (Å²) in [5, 5.41) is 1.43. The summed E-state index contributed by atoms with van der Waals surface area (Å²) in [6.45, 7) is 2.81. The topological polar surface area (TPSA) is 59.1 Å². The number of methoxy groups -OCH3 is 1. The lowest BCUT2D eigenvalue weighted by molar-refractivity contribution is -0.146. The quantitative estimate of drug-likeness (QED) is 0.492. The van der Waals surface area contributed by atoms with Crippen LogP contribution in [0.4, 0.5) is 4.79 Å². The first-order valence-corrected chi connectivity index (χ1v) is 11.5. The summed E-state index contributed by atoms with van der Waals surface area (Å²) in [7, 11) is 1.36. The fourth-order valence-electron chi connectivity index (χ4n) is 4.48. The van der Waals surface area contributed by atoms with E-state index in [0.717, 1.165) is 32.9 Å².